The average molecular weight is 266 g/mol. The molecule has 9 nitrogen and oxygen atoms in total. The number of carboxylic acids is 1. The minimum absolute atomic E-state index is 0.183. The lowest BCUT2D eigenvalue weighted by molar-refractivity contribution is -0.384. The van der Waals surface area contributed by atoms with Gasteiger partial charge in [0.1, 0.15) is 18.0 Å². The number of benzene rings is 1. The van der Waals surface area contributed by atoms with Crippen molar-refractivity contribution in [3.8, 4) is 0 Å². The number of nitro groups is 1. The van der Waals surface area contributed by atoms with Gasteiger partial charge in [0.15, 0.2) is 0 Å². The molecule has 3 N–H and O–H groups in total. The quantitative estimate of drug-likeness (QED) is 0.455. The number of hydrogen-bond donors (Lipinski definition) is 3. The molecule has 0 unspecified atom stereocenters. The number of nitro benzene ring substituents is 1. The highest BCUT2D eigenvalue weighted by molar-refractivity contribution is 5.78. The smallest absolute Gasteiger partial charge is 0.271 e. The van der Waals surface area contributed by atoms with Crippen molar-refractivity contribution in [3.63, 3.8) is 0 Å². The van der Waals surface area contributed by atoms with Crippen LogP contribution in [0.2, 0.25) is 0 Å². The number of rotatable bonds is 4. The molecule has 1 aromatic heterocycles. The van der Waals surface area contributed by atoms with Crippen LogP contribution in [0.15, 0.2) is 18.2 Å². The van der Waals surface area contributed by atoms with Gasteiger partial charge in [-0.2, -0.15) is 0 Å². The van der Waals surface area contributed by atoms with Crippen LogP contribution in [0, 0.1) is 10.1 Å². The molecule has 100 valence electrons. The molecule has 0 aliphatic carbocycles. The number of nitrogens with one attached hydrogen (secondary N) is 1. The van der Waals surface area contributed by atoms with E-state index in [1.165, 1.54) is 18.2 Å². The fourth-order valence-corrected chi connectivity index (χ4v) is 1.55. The second-order valence-corrected chi connectivity index (χ2v) is 3.79. The molecule has 0 spiro atoms. The van der Waals surface area contributed by atoms with E-state index in [0.29, 0.717) is 5.52 Å². The van der Waals surface area contributed by atoms with E-state index in [1.54, 1.807) is 0 Å². The monoisotopic (exact) mass is 266 g/mol. The molecule has 0 fully saturated rings. The van der Waals surface area contributed by atoms with Crippen molar-refractivity contribution in [3.05, 3.63) is 34.1 Å². The number of hydrogen-bond acceptors (Lipinski definition) is 7. The molecule has 0 amide bonds. The van der Waals surface area contributed by atoms with Gasteiger partial charge in [-0.05, 0) is 6.07 Å². The van der Waals surface area contributed by atoms with E-state index in [9.17, 15) is 25.1 Å². The summed E-state index contributed by atoms with van der Waals surface area (Å²) in [6.07, 6.45) is -3.95. The molecule has 9 heteroatoms. The first kappa shape index (κ1) is 12.9. The maximum atomic E-state index is 10.6. The first-order valence-electron chi connectivity index (χ1n) is 5.11. The third-order valence-corrected chi connectivity index (χ3v) is 2.52. The summed E-state index contributed by atoms with van der Waals surface area (Å²) in [5.74, 6) is -2.06. The van der Waals surface area contributed by atoms with E-state index >= 15 is 0 Å². The fraction of sp³-hybridized carbons (Fsp3) is 0.200. The number of nitrogens with zero attached hydrogens (tertiary/aromatic N) is 2. The second kappa shape index (κ2) is 4.63. The third kappa shape index (κ3) is 2.37. The lowest BCUT2D eigenvalue weighted by atomic mass is 10.2. The van der Waals surface area contributed by atoms with Crippen LogP contribution < -0.4 is 5.11 Å². The minimum atomic E-state index is -2.14. The highest BCUT2D eigenvalue weighted by Crippen LogP contribution is 2.22. The number of non-ortho nitro benzene ring substituents is 1. The van der Waals surface area contributed by atoms with Crippen LogP contribution in [0.1, 0.15) is 11.9 Å². The number of aromatic amines is 1. The Balaban J connectivity index is 2.41. The van der Waals surface area contributed by atoms with Gasteiger partial charge in [-0.3, -0.25) is 10.1 Å². The van der Waals surface area contributed by atoms with Crippen LogP contribution >= 0.6 is 0 Å². The van der Waals surface area contributed by atoms with Crippen LogP contribution in [0.4, 0.5) is 5.69 Å². The number of aliphatic carboxylic acids is 1. The van der Waals surface area contributed by atoms with Gasteiger partial charge >= 0.3 is 0 Å². The number of aliphatic hydroxyl groups excluding tert-OH is 2. The van der Waals surface area contributed by atoms with Crippen LogP contribution in [-0.2, 0) is 4.79 Å². The van der Waals surface area contributed by atoms with Gasteiger partial charge in [-0.1, -0.05) is 0 Å². The molecular formula is C10H8N3O6-. The van der Waals surface area contributed by atoms with Gasteiger partial charge in [0.2, 0.25) is 0 Å². The van der Waals surface area contributed by atoms with Crippen LogP contribution in [0.3, 0.4) is 0 Å². The van der Waals surface area contributed by atoms with Crippen LogP contribution in [0.25, 0.3) is 11.0 Å². The Morgan fingerprint density at radius 2 is 2.11 bits per heavy atom. The maximum Gasteiger partial charge on any atom is 0.271 e. The summed E-state index contributed by atoms with van der Waals surface area (Å²) in [6.45, 7) is 0. The van der Waals surface area contributed by atoms with Crippen molar-refractivity contribution in [2.45, 2.75) is 12.2 Å². The van der Waals surface area contributed by atoms with Crippen molar-refractivity contribution < 1.29 is 25.0 Å². The number of carboxylic acid groups (broad SMARTS) is 1. The van der Waals surface area contributed by atoms with Crippen LogP contribution in [0.5, 0.6) is 0 Å². The normalized spacial score (nSPS) is 14.2. The zero-order chi connectivity index (χ0) is 14.2. The summed E-state index contributed by atoms with van der Waals surface area (Å²) in [7, 11) is 0. The number of imidazole rings is 1. The van der Waals surface area contributed by atoms with Crippen molar-refractivity contribution >= 4 is 22.7 Å². The summed E-state index contributed by atoms with van der Waals surface area (Å²) >= 11 is 0. The molecule has 19 heavy (non-hydrogen) atoms. The number of carbonyl (C=O) groups is 1. The van der Waals surface area contributed by atoms with Crippen molar-refractivity contribution in [2.75, 3.05) is 0 Å². The summed E-state index contributed by atoms with van der Waals surface area (Å²) in [5.41, 5.74) is 0.358. The number of aromatic nitrogens is 2. The molecular weight excluding hydrogens is 258 g/mol. The molecule has 0 aliphatic heterocycles. The zero-order valence-corrected chi connectivity index (χ0v) is 9.31. The molecule has 0 saturated heterocycles. The second-order valence-electron chi connectivity index (χ2n) is 3.79. The van der Waals surface area contributed by atoms with Gasteiger partial charge in [-0.15, -0.1) is 0 Å². The largest absolute Gasteiger partial charge is 0.547 e. The Bertz CT molecular complexity index is 652. The van der Waals surface area contributed by atoms with E-state index in [4.69, 9.17) is 5.11 Å². The Hall–Kier alpha value is -2.52. The van der Waals surface area contributed by atoms with Gasteiger partial charge in [0, 0.05) is 12.1 Å². The van der Waals surface area contributed by atoms with E-state index in [-0.39, 0.29) is 17.0 Å². The lowest BCUT2D eigenvalue weighted by Crippen LogP contribution is -2.39. The summed E-state index contributed by atoms with van der Waals surface area (Å²) in [4.78, 5) is 26.7. The molecule has 0 aliphatic rings. The van der Waals surface area contributed by atoms with Crippen molar-refractivity contribution in [2.24, 2.45) is 0 Å². The number of aliphatic hydroxyl groups is 2. The zero-order valence-electron chi connectivity index (χ0n) is 9.31. The highest BCUT2D eigenvalue weighted by Gasteiger charge is 2.23. The molecule has 0 bridgehead atoms. The summed E-state index contributed by atoms with van der Waals surface area (Å²) in [6, 6.07) is 3.74. The average Bonchev–Trinajstić information content (AvgIpc) is 2.79. The maximum absolute atomic E-state index is 10.6. The van der Waals surface area contributed by atoms with E-state index in [1.807, 2.05) is 0 Å². The topological polar surface area (TPSA) is 152 Å². The first-order valence-corrected chi connectivity index (χ1v) is 5.11. The minimum Gasteiger partial charge on any atom is -0.547 e. The summed E-state index contributed by atoms with van der Waals surface area (Å²) in [5, 5.41) is 39.7. The standard InChI is InChI=1S/C10H9N3O6/c14-7(8(15)10(16)17)9-11-5-2-1-4(13(18)19)3-6(5)12-9/h1-3,7-8,14-15H,(H,11,12)(H,16,17)/p-1/t7-,8+/m1/s1. The Kier molecular flexibility index (Phi) is 3.15. The molecule has 0 saturated carbocycles. The van der Waals surface area contributed by atoms with E-state index < -0.39 is 23.1 Å². The number of carbonyl (C=O) groups excluding carboxylic acids is 1. The lowest BCUT2D eigenvalue weighted by Gasteiger charge is -2.15. The summed E-state index contributed by atoms with van der Waals surface area (Å²) < 4.78 is 0. The van der Waals surface area contributed by atoms with Gasteiger partial charge in [-0.25, -0.2) is 4.98 Å². The molecule has 0 radical (unpaired) electrons. The van der Waals surface area contributed by atoms with Gasteiger partial charge in [0.25, 0.3) is 5.69 Å². The Morgan fingerprint density at radius 1 is 1.42 bits per heavy atom. The van der Waals surface area contributed by atoms with Crippen LogP contribution in [-0.4, -0.2) is 37.2 Å². The Labute approximate surface area is 105 Å². The highest BCUT2D eigenvalue weighted by atomic mass is 16.6. The van der Waals surface area contributed by atoms with Gasteiger partial charge < -0.3 is 25.1 Å². The van der Waals surface area contributed by atoms with E-state index in [0.717, 1.165) is 0 Å². The fourth-order valence-electron chi connectivity index (χ4n) is 1.55. The SMILES string of the molecule is O=C([O-])[C@@H](O)[C@@H](O)c1nc2ccc([N+](=O)[O-])cc2[nH]1. The number of H-pyrrole nitrogens is 1. The molecule has 2 rings (SSSR count). The first-order chi connectivity index (χ1) is 8.90. The predicted octanol–water partition coefficient (Wildman–Crippen LogP) is -1.38. The van der Waals surface area contributed by atoms with E-state index in [2.05, 4.69) is 9.97 Å². The molecule has 2 aromatic rings. The van der Waals surface area contributed by atoms with Crippen molar-refractivity contribution in [1.82, 2.24) is 9.97 Å². The number of fused-ring (bicyclic) bond motifs is 1. The molecule has 2 atom stereocenters. The van der Waals surface area contributed by atoms with Crippen molar-refractivity contribution in [1.29, 1.82) is 0 Å². The Morgan fingerprint density at radius 3 is 2.68 bits per heavy atom. The third-order valence-electron chi connectivity index (χ3n) is 2.52. The van der Waals surface area contributed by atoms with Gasteiger partial charge in [0.05, 0.1) is 21.9 Å². The molecule has 1 aromatic carbocycles. The molecule has 1 heterocycles. The predicted molar refractivity (Wildman–Crippen MR) is 58.7 cm³/mol.